The quantitative estimate of drug-likeness (QED) is 0.878. The van der Waals surface area contributed by atoms with Gasteiger partial charge in [0.25, 0.3) is 5.91 Å². The number of carbonyl (C=O) groups is 1. The maximum atomic E-state index is 13.2. The summed E-state index contributed by atoms with van der Waals surface area (Å²) in [6.07, 6.45) is 10.4. The van der Waals surface area contributed by atoms with Gasteiger partial charge in [0.05, 0.1) is 18.5 Å². The molecular weight excluding hydrogens is 320 g/mol. The lowest BCUT2D eigenvalue weighted by Crippen LogP contribution is -2.50. The zero-order valence-corrected chi connectivity index (χ0v) is 13.8. The van der Waals surface area contributed by atoms with Gasteiger partial charge in [-0.15, -0.1) is 0 Å². The molecule has 0 saturated carbocycles. The van der Waals surface area contributed by atoms with Gasteiger partial charge in [-0.1, -0.05) is 0 Å². The van der Waals surface area contributed by atoms with Crippen molar-refractivity contribution in [3.8, 4) is 0 Å². The number of piperidine rings is 1. The Morgan fingerprint density at radius 1 is 1.16 bits per heavy atom. The minimum Gasteiger partial charge on any atom is -0.317 e. The van der Waals surface area contributed by atoms with Crippen molar-refractivity contribution in [2.75, 3.05) is 19.7 Å². The average molecular weight is 340 g/mol. The van der Waals surface area contributed by atoms with Crippen molar-refractivity contribution < 1.29 is 9.63 Å². The molecule has 0 aromatic carbocycles. The highest BCUT2D eigenvalue weighted by Crippen LogP contribution is 2.41. The van der Waals surface area contributed by atoms with E-state index in [2.05, 4.69) is 25.3 Å². The van der Waals surface area contributed by atoms with Crippen molar-refractivity contribution >= 4 is 5.91 Å². The van der Waals surface area contributed by atoms with Crippen molar-refractivity contribution in [1.29, 1.82) is 0 Å². The van der Waals surface area contributed by atoms with Gasteiger partial charge in [0, 0.05) is 37.1 Å². The summed E-state index contributed by atoms with van der Waals surface area (Å²) in [6.45, 7) is 2.08. The number of rotatable bonds is 3. The zero-order chi connectivity index (χ0) is 17.1. The normalized spacial score (nSPS) is 24.4. The largest absolute Gasteiger partial charge is 0.317 e. The second kappa shape index (κ2) is 6.81. The van der Waals surface area contributed by atoms with E-state index in [0.29, 0.717) is 24.5 Å². The lowest BCUT2D eigenvalue weighted by Gasteiger charge is -2.36. The summed E-state index contributed by atoms with van der Waals surface area (Å²) >= 11 is 0. The van der Waals surface area contributed by atoms with Crippen molar-refractivity contribution in [3.63, 3.8) is 0 Å². The molecule has 4 rings (SSSR count). The lowest BCUT2D eigenvalue weighted by molar-refractivity contribution is -0.193. The van der Waals surface area contributed by atoms with E-state index in [1.165, 1.54) is 5.06 Å². The predicted molar refractivity (Wildman–Crippen MR) is 87.9 cm³/mol. The first-order valence-corrected chi connectivity index (χ1v) is 8.54. The Bertz CT molecular complexity index is 681. The number of nitrogens with zero attached hydrogens (tertiary/aromatic N) is 5. The first kappa shape index (κ1) is 16.0. The van der Waals surface area contributed by atoms with Crippen LogP contribution in [0.5, 0.6) is 0 Å². The number of hydrogen-bond acceptors (Lipinski definition) is 7. The molecule has 2 aliphatic heterocycles. The highest BCUT2D eigenvalue weighted by Gasteiger charge is 2.53. The Hall–Kier alpha value is -2.45. The van der Waals surface area contributed by atoms with Gasteiger partial charge in [-0.05, 0) is 32.0 Å². The molecule has 1 amide bonds. The number of hydrogen-bond donors (Lipinski definition) is 1. The van der Waals surface area contributed by atoms with Crippen molar-refractivity contribution in [2.24, 2.45) is 5.92 Å². The maximum Gasteiger partial charge on any atom is 0.250 e. The predicted octanol–water partition coefficient (Wildman–Crippen LogP) is 0.674. The highest BCUT2D eigenvalue weighted by atomic mass is 16.7. The first-order valence-electron chi connectivity index (χ1n) is 8.54. The number of amides is 1. The minimum absolute atomic E-state index is 0.0305. The summed E-state index contributed by atoms with van der Waals surface area (Å²) in [7, 11) is 0. The Morgan fingerprint density at radius 2 is 1.96 bits per heavy atom. The smallest absolute Gasteiger partial charge is 0.250 e. The molecule has 0 aliphatic carbocycles. The molecule has 2 aromatic rings. The molecule has 0 bridgehead atoms. The van der Waals surface area contributed by atoms with Crippen LogP contribution in [-0.2, 0) is 15.2 Å². The highest BCUT2D eigenvalue weighted by molar-refractivity contribution is 5.79. The summed E-state index contributed by atoms with van der Waals surface area (Å²) in [5.41, 5.74) is -0.307. The van der Waals surface area contributed by atoms with E-state index in [1.807, 2.05) is 0 Å². The average Bonchev–Trinajstić information content (AvgIpc) is 3.15. The Kier molecular flexibility index (Phi) is 4.37. The van der Waals surface area contributed by atoms with Gasteiger partial charge < -0.3 is 5.32 Å². The van der Waals surface area contributed by atoms with Crippen LogP contribution >= 0.6 is 0 Å². The number of nitrogens with one attached hydrogen (secondary N) is 1. The number of hydroxylamine groups is 2. The minimum atomic E-state index is -0.933. The summed E-state index contributed by atoms with van der Waals surface area (Å²) in [4.78, 5) is 36.5. The fraction of sp³-hybridized carbons (Fsp3) is 0.471. The third-order valence-corrected chi connectivity index (χ3v) is 4.84. The van der Waals surface area contributed by atoms with E-state index in [4.69, 9.17) is 4.84 Å². The second-order valence-corrected chi connectivity index (χ2v) is 6.26. The van der Waals surface area contributed by atoms with Crippen LogP contribution < -0.4 is 5.32 Å². The SMILES string of the molecule is O=C(C1CCNCC1)N1OCC[C@]1(c1cnccn1)c1ncccn1. The molecule has 2 aliphatic rings. The Balaban J connectivity index is 1.78. The molecule has 130 valence electrons. The van der Waals surface area contributed by atoms with Crippen LogP contribution in [0.3, 0.4) is 0 Å². The Morgan fingerprint density at radius 3 is 2.68 bits per heavy atom. The molecule has 8 heteroatoms. The van der Waals surface area contributed by atoms with Gasteiger partial charge in [0.15, 0.2) is 11.4 Å². The van der Waals surface area contributed by atoms with E-state index >= 15 is 0 Å². The molecule has 4 heterocycles. The van der Waals surface area contributed by atoms with Crippen LogP contribution in [0.25, 0.3) is 0 Å². The van der Waals surface area contributed by atoms with Crippen molar-refractivity contribution in [1.82, 2.24) is 30.3 Å². The molecule has 2 fully saturated rings. The van der Waals surface area contributed by atoms with Crippen LogP contribution in [-0.4, -0.2) is 50.6 Å². The van der Waals surface area contributed by atoms with Gasteiger partial charge in [0.1, 0.15) is 0 Å². The molecule has 0 radical (unpaired) electrons. The second-order valence-electron chi connectivity index (χ2n) is 6.26. The lowest BCUT2D eigenvalue weighted by atomic mass is 9.88. The summed E-state index contributed by atoms with van der Waals surface area (Å²) in [5.74, 6) is 0.409. The van der Waals surface area contributed by atoms with E-state index in [9.17, 15) is 4.79 Å². The molecule has 0 unspecified atom stereocenters. The van der Waals surface area contributed by atoms with Crippen LogP contribution in [0.1, 0.15) is 30.8 Å². The standard InChI is InChI=1S/C17H20N6O2/c24-15(13-2-7-18-8-3-13)23-17(4-11-25-23,14-12-19-9-10-20-14)16-21-5-1-6-22-16/h1,5-6,9-10,12-13,18H,2-4,7-8,11H2/t17-/m0/s1. The molecule has 2 saturated heterocycles. The van der Waals surface area contributed by atoms with Crippen molar-refractivity contribution in [3.05, 3.63) is 48.6 Å². The summed E-state index contributed by atoms with van der Waals surface area (Å²) in [6, 6.07) is 1.75. The van der Waals surface area contributed by atoms with Gasteiger partial charge >= 0.3 is 0 Å². The fourth-order valence-electron chi connectivity index (χ4n) is 3.56. The van der Waals surface area contributed by atoms with E-state index in [-0.39, 0.29) is 11.8 Å². The number of aromatic nitrogens is 4. The molecular formula is C17H20N6O2. The maximum absolute atomic E-state index is 13.2. The first-order chi connectivity index (χ1) is 12.3. The topological polar surface area (TPSA) is 93.1 Å². The molecule has 8 nitrogen and oxygen atoms in total. The molecule has 2 aromatic heterocycles. The monoisotopic (exact) mass is 340 g/mol. The number of carbonyl (C=O) groups excluding carboxylic acids is 1. The molecule has 1 atom stereocenters. The van der Waals surface area contributed by atoms with Gasteiger partial charge in [-0.2, -0.15) is 0 Å². The van der Waals surface area contributed by atoms with Crippen LogP contribution in [0.15, 0.2) is 37.1 Å². The summed E-state index contributed by atoms with van der Waals surface area (Å²) < 4.78 is 0. The molecule has 25 heavy (non-hydrogen) atoms. The van der Waals surface area contributed by atoms with E-state index < -0.39 is 5.54 Å². The molecule has 1 N–H and O–H groups in total. The third kappa shape index (κ3) is 2.77. The van der Waals surface area contributed by atoms with Gasteiger partial charge in [-0.3, -0.25) is 19.6 Å². The fourth-order valence-corrected chi connectivity index (χ4v) is 3.56. The summed E-state index contributed by atoms with van der Waals surface area (Å²) in [5, 5.41) is 4.75. The van der Waals surface area contributed by atoms with Gasteiger partial charge in [-0.25, -0.2) is 15.0 Å². The van der Waals surface area contributed by atoms with Crippen LogP contribution in [0.4, 0.5) is 0 Å². The third-order valence-electron chi connectivity index (χ3n) is 4.84. The van der Waals surface area contributed by atoms with E-state index in [1.54, 1.807) is 37.1 Å². The molecule has 0 spiro atoms. The Labute approximate surface area is 145 Å². The van der Waals surface area contributed by atoms with Crippen molar-refractivity contribution in [2.45, 2.75) is 24.8 Å². The van der Waals surface area contributed by atoms with Crippen LogP contribution in [0, 0.1) is 5.92 Å². The van der Waals surface area contributed by atoms with Crippen LogP contribution in [0.2, 0.25) is 0 Å². The van der Waals surface area contributed by atoms with E-state index in [0.717, 1.165) is 25.9 Å². The van der Waals surface area contributed by atoms with Gasteiger partial charge in [0.2, 0.25) is 0 Å². The zero-order valence-electron chi connectivity index (χ0n) is 13.8.